The number of carbonyl (C=O) groups excluding carboxylic acids is 3. The first kappa shape index (κ1) is 15.3. The molecule has 2 unspecified atom stereocenters. The molecule has 0 aromatic rings. The van der Waals surface area contributed by atoms with Crippen LogP contribution in [-0.4, -0.2) is 54.0 Å². The van der Waals surface area contributed by atoms with Crippen LogP contribution in [0.15, 0.2) is 0 Å². The van der Waals surface area contributed by atoms with Gasteiger partial charge in [0.2, 0.25) is 5.91 Å². The van der Waals surface area contributed by atoms with Crippen molar-refractivity contribution >= 4 is 17.8 Å². The van der Waals surface area contributed by atoms with Gasteiger partial charge in [-0.25, -0.2) is 4.79 Å². The topological polar surface area (TPSA) is 90.5 Å². The Labute approximate surface area is 130 Å². The molecule has 2 saturated heterocycles. The third-order valence-corrected chi connectivity index (χ3v) is 5.14. The number of amides is 4. The van der Waals surface area contributed by atoms with Gasteiger partial charge < -0.3 is 16.0 Å². The van der Waals surface area contributed by atoms with Crippen molar-refractivity contribution in [3.8, 4) is 0 Å². The molecule has 122 valence electrons. The van der Waals surface area contributed by atoms with Gasteiger partial charge in [0.1, 0.15) is 12.1 Å². The molecule has 22 heavy (non-hydrogen) atoms. The Kier molecular flexibility index (Phi) is 4.08. The first-order valence-electron chi connectivity index (χ1n) is 8.16. The normalized spacial score (nSPS) is 30.7. The number of hydrogen-bond donors (Lipinski definition) is 3. The van der Waals surface area contributed by atoms with E-state index in [2.05, 4.69) is 22.9 Å². The van der Waals surface area contributed by atoms with Crippen molar-refractivity contribution in [2.45, 2.75) is 50.6 Å². The number of hydrogen-bond acceptors (Lipinski definition) is 4. The number of piperidine rings is 1. The minimum absolute atomic E-state index is 0.106. The van der Waals surface area contributed by atoms with Crippen LogP contribution >= 0.6 is 0 Å². The number of nitrogens with one attached hydrogen (secondary N) is 3. The maximum atomic E-state index is 12.5. The van der Waals surface area contributed by atoms with Gasteiger partial charge in [-0.05, 0) is 38.3 Å². The minimum atomic E-state index is -0.737. The zero-order valence-electron chi connectivity index (χ0n) is 13.0. The lowest BCUT2D eigenvalue weighted by Gasteiger charge is -2.30. The zero-order valence-corrected chi connectivity index (χ0v) is 13.0. The van der Waals surface area contributed by atoms with Gasteiger partial charge in [0, 0.05) is 6.04 Å². The first-order chi connectivity index (χ1) is 10.5. The Hall–Kier alpha value is -1.63. The van der Waals surface area contributed by atoms with Crippen LogP contribution in [0.3, 0.4) is 0 Å². The van der Waals surface area contributed by atoms with E-state index in [-0.39, 0.29) is 24.4 Å². The third-order valence-electron chi connectivity index (χ3n) is 5.14. The highest BCUT2D eigenvalue weighted by Crippen LogP contribution is 2.34. The second-order valence-corrected chi connectivity index (χ2v) is 6.75. The summed E-state index contributed by atoms with van der Waals surface area (Å²) in [4.78, 5) is 37.8. The zero-order chi connectivity index (χ0) is 15.7. The third kappa shape index (κ3) is 2.69. The summed E-state index contributed by atoms with van der Waals surface area (Å²) < 4.78 is 0. The molecular formula is C15H24N4O3. The smallest absolute Gasteiger partial charge is 0.325 e. The number of carbonyl (C=O) groups is 3. The summed E-state index contributed by atoms with van der Waals surface area (Å²) in [5.41, 5.74) is -0.737. The molecule has 1 spiro atoms. The molecule has 0 aromatic heterocycles. The van der Waals surface area contributed by atoms with E-state index in [0.29, 0.717) is 18.8 Å². The van der Waals surface area contributed by atoms with Crippen molar-refractivity contribution in [1.29, 1.82) is 0 Å². The number of nitrogens with zero attached hydrogens (tertiary/aromatic N) is 1. The Morgan fingerprint density at radius 2 is 2.09 bits per heavy atom. The average molecular weight is 308 g/mol. The highest BCUT2D eigenvalue weighted by Gasteiger charge is 2.52. The second-order valence-electron chi connectivity index (χ2n) is 6.75. The summed E-state index contributed by atoms with van der Waals surface area (Å²) >= 11 is 0. The number of urea groups is 1. The van der Waals surface area contributed by atoms with Crippen LogP contribution in [0.4, 0.5) is 4.79 Å². The van der Waals surface area contributed by atoms with Gasteiger partial charge in [0.15, 0.2) is 0 Å². The van der Waals surface area contributed by atoms with Crippen LogP contribution in [0, 0.1) is 5.92 Å². The minimum Gasteiger partial charge on any atom is -0.351 e. The molecule has 3 N–H and O–H groups in total. The van der Waals surface area contributed by atoms with Gasteiger partial charge >= 0.3 is 6.03 Å². The van der Waals surface area contributed by atoms with Crippen molar-refractivity contribution in [3.05, 3.63) is 0 Å². The van der Waals surface area contributed by atoms with Crippen LogP contribution in [0.5, 0.6) is 0 Å². The van der Waals surface area contributed by atoms with E-state index < -0.39 is 11.6 Å². The monoisotopic (exact) mass is 308 g/mol. The average Bonchev–Trinajstić information content (AvgIpc) is 3.03. The molecule has 2 heterocycles. The molecule has 1 saturated carbocycles. The Morgan fingerprint density at radius 3 is 2.77 bits per heavy atom. The Bertz CT molecular complexity index is 487. The molecule has 4 amide bonds. The van der Waals surface area contributed by atoms with Crippen LogP contribution in [0.25, 0.3) is 0 Å². The lowest BCUT2D eigenvalue weighted by atomic mass is 9.95. The maximum absolute atomic E-state index is 12.5. The van der Waals surface area contributed by atoms with Crippen molar-refractivity contribution in [3.63, 3.8) is 0 Å². The molecular weight excluding hydrogens is 284 g/mol. The largest absolute Gasteiger partial charge is 0.351 e. The van der Waals surface area contributed by atoms with Gasteiger partial charge in [0.25, 0.3) is 5.91 Å². The molecule has 7 heteroatoms. The van der Waals surface area contributed by atoms with E-state index in [1.54, 1.807) is 0 Å². The molecule has 0 aromatic carbocycles. The van der Waals surface area contributed by atoms with Crippen molar-refractivity contribution in [1.82, 2.24) is 20.9 Å². The highest BCUT2D eigenvalue weighted by molar-refractivity contribution is 6.09. The lowest BCUT2D eigenvalue weighted by Crippen LogP contribution is -2.51. The molecule has 3 aliphatic rings. The highest BCUT2D eigenvalue weighted by atomic mass is 16.2. The fourth-order valence-corrected chi connectivity index (χ4v) is 3.76. The maximum Gasteiger partial charge on any atom is 0.325 e. The van der Waals surface area contributed by atoms with Crippen LogP contribution < -0.4 is 16.0 Å². The van der Waals surface area contributed by atoms with Gasteiger partial charge in [0.05, 0.1) is 0 Å². The number of imide groups is 1. The second kappa shape index (κ2) is 5.87. The summed E-state index contributed by atoms with van der Waals surface area (Å²) in [6.07, 6.45) is 4.12. The Morgan fingerprint density at radius 1 is 1.36 bits per heavy atom. The summed E-state index contributed by atoms with van der Waals surface area (Å²) in [5, 5.41) is 9.04. The summed E-state index contributed by atoms with van der Waals surface area (Å²) in [7, 11) is 0. The Balaban J connectivity index is 1.59. The van der Waals surface area contributed by atoms with Gasteiger partial charge in [-0.2, -0.15) is 0 Å². The summed E-state index contributed by atoms with van der Waals surface area (Å²) in [6.45, 7) is 3.65. The van der Waals surface area contributed by atoms with Crippen molar-refractivity contribution in [2.24, 2.45) is 5.92 Å². The first-order valence-corrected chi connectivity index (χ1v) is 8.16. The fraction of sp³-hybridized carbons (Fsp3) is 0.800. The number of rotatable bonds is 3. The quantitative estimate of drug-likeness (QED) is 0.638. The molecule has 2 aliphatic heterocycles. The van der Waals surface area contributed by atoms with Crippen LogP contribution in [0.2, 0.25) is 0 Å². The van der Waals surface area contributed by atoms with Crippen molar-refractivity contribution in [2.75, 3.05) is 19.6 Å². The van der Waals surface area contributed by atoms with Gasteiger partial charge in [-0.3, -0.25) is 14.5 Å². The predicted octanol–water partition coefficient (Wildman–Crippen LogP) is -0.0348. The molecule has 3 fully saturated rings. The summed E-state index contributed by atoms with van der Waals surface area (Å²) in [5.74, 6) is -0.136. The molecule has 0 radical (unpaired) electrons. The van der Waals surface area contributed by atoms with E-state index >= 15 is 0 Å². The van der Waals surface area contributed by atoms with Gasteiger partial charge in [-0.1, -0.05) is 19.8 Å². The summed E-state index contributed by atoms with van der Waals surface area (Å²) in [6, 6.07) is -0.324. The van der Waals surface area contributed by atoms with E-state index in [0.717, 1.165) is 37.3 Å². The fourth-order valence-electron chi connectivity index (χ4n) is 3.76. The SMILES string of the molecule is CC1CNCCC1NC(=O)CN1C(=O)NC2(CCCC2)C1=O. The van der Waals surface area contributed by atoms with Crippen LogP contribution in [0.1, 0.15) is 39.0 Å². The standard InChI is InChI=1S/C15H24N4O3/c1-10-8-16-7-4-11(10)17-12(20)9-19-13(21)15(18-14(19)22)5-2-3-6-15/h10-11,16H,2-9H2,1H3,(H,17,20)(H,18,22). The molecule has 7 nitrogen and oxygen atoms in total. The van der Waals surface area contributed by atoms with E-state index in [4.69, 9.17) is 0 Å². The van der Waals surface area contributed by atoms with Crippen molar-refractivity contribution < 1.29 is 14.4 Å². The molecule has 0 bridgehead atoms. The van der Waals surface area contributed by atoms with Gasteiger partial charge in [-0.15, -0.1) is 0 Å². The molecule has 3 rings (SSSR count). The molecule has 2 atom stereocenters. The predicted molar refractivity (Wildman–Crippen MR) is 80.0 cm³/mol. The lowest BCUT2D eigenvalue weighted by molar-refractivity contribution is -0.135. The van der Waals surface area contributed by atoms with E-state index in [1.807, 2.05) is 0 Å². The van der Waals surface area contributed by atoms with E-state index in [9.17, 15) is 14.4 Å². The molecule has 1 aliphatic carbocycles. The van der Waals surface area contributed by atoms with Crippen LogP contribution in [-0.2, 0) is 9.59 Å². The van der Waals surface area contributed by atoms with E-state index in [1.165, 1.54) is 0 Å².